The van der Waals surface area contributed by atoms with Crippen molar-refractivity contribution in [3.8, 4) is 0 Å². The Morgan fingerprint density at radius 1 is 1.32 bits per heavy atom. The number of hydrogen-bond donors (Lipinski definition) is 2. The molecule has 1 atom stereocenters. The molecule has 1 unspecified atom stereocenters. The van der Waals surface area contributed by atoms with E-state index in [1.165, 1.54) is 0 Å². The molecule has 1 heterocycles. The van der Waals surface area contributed by atoms with E-state index in [1.54, 1.807) is 12.5 Å². The third-order valence-electron chi connectivity index (χ3n) is 2.33. The summed E-state index contributed by atoms with van der Waals surface area (Å²) in [6, 6.07) is 0. The number of nitro groups is 2. The standard InChI is InChI=1S/C8H12N4O4S3/c1-18(2)8(10)19(7(9)17)4-5(11(13)14)3-6(19)12(15)16/h3-4H,10H2,1-2H3,(H2,9,17). The lowest BCUT2D eigenvalue weighted by Crippen LogP contribution is -2.31. The SMILES string of the molecule is CS(C)=C(N)S1(C(N)=S)C=C([N+](=O)[O-])C=C1[N+](=O)[O-]. The highest BCUT2D eigenvalue weighted by Gasteiger charge is 2.48. The van der Waals surface area contributed by atoms with E-state index < -0.39 is 41.1 Å². The second-order valence-electron chi connectivity index (χ2n) is 3.65. The minimum Gasteiger partial charge on any atom is -0.385 e. The number of allylic oxidation sites excluding steroid dienone is 1. The van der Waals surface area contributed by atoms with Crippen LogP contribution in [0.1, 0.15) is 0 Å². The Morgan fingerprint density at radius 2 is 1.84 bits per heavy atom. The van der Waals surface area contributed by atoms with Gasteiger partial charge >= 0.3 is 5.03 Å². The molecule has 0 bridgehead atoms. The molecule has 1 rings (SSSR count). The molecule has 0 saturated carbocycles. The summed E-state index contributed by atoms with van der Waals surface area (Å²) in [5, 5.41) is 22.7. The Kier molecular flexibility index (Phi) is 4.45. The first-order valence-corrected chi connectivity index (χ1v) is 8.84. The second kappa shape index (κ2) is 5.36. The Balaban J connectivity index is 3.69. The molecule has 4 N–H and O–H groups in total. The molecular formula is C8H12N4O4S3. The van der Waals surface area contributed by atoms with Crippen LogP contribution in [0.15, 0.2) is 22.2 Å². The van der Waals surface area contributed by atoms with Gasteiger partial charge in [0, 0.05) is 0 Å². The van der Waals surface area contributed by atoms with Crippen molar-refractivity contribution < 1.29 is 9.85 Å². The molecule has 1 aliphatic rings. The average molecular weight is 324 g/mol. The van der Waals surface area contributed by atoms with Gasteiger partial charge in [0.2, 0.25) is 0 Å². The van der Waals surface area contributed by atoms with Crippen molar-refractivity contribution in [2.45, 2.75) is 0 Å². The van der Waals surface area contributed by atoms with Gasteiger partial charge in [0.25, 0.3) is 5.70 Å². The van der Waals surface area contributed by atoms with Gasteiger partial charge in [-0.25, -0.2) is 0 Å². The molecular weight excluding hydrogens is 312 g/mol. The Hall–Kier alpha value is -1.30. The van der Waals surface area contributed by atoms with Crippen molar-refractivity contribution in [2.75, 3.05) is 12.5 Å². The lowest BCUT2D eigenvalue weighted by atomic mass is 10.5. The zero-order valence-electron chi connectivity index (χ0n) is 10.1. The van der Waals surface area contributed by atoms with Gasteiger partial charge in [0.1, 0.15) is 10.4 Å². The van der Waals surface area contributed by atoms with Crippen molar-refractivity contribution in [3.05, 3.63) is 42.4 Å². The minimum atomic E-state index is -2.72. The molecule has 106 valence electrons. The largest absolute Gasteiger partial charge is 0.385 e. The van der Waals surface area contributed by atoms with E-state index in [-0.39, 0.29) is 8.64 Å². The molecule has 1 aliphatic heterocycles. The molecule has 11 heteroatoms. The van der Waals surface area contributed by atoms with Crippen LogP contribution in [0.2, 0.25) is 0 Å². The minimum absolute atomic E-state index is 0.189. The lowest BCUT2D eigenvalue weighted by molar-refractivity contribution is -0.425. The van der Waals surface area contributed by atoms with Gasteiger partial charge in [-0.1, -0.05) is 12.2 Å². The van der Waals surface area contributed by atoms with Gasteiger partial charge < -0.3 is 5.73 Å². The highest BCUT2D eigenvalue weighted by molar-refractivity contribution is 8.68. The van der Waals surface area contributed by atoms with Crippen LogP contribution in [0.3, 0.4) is 0 Å². The van der Waals surface area contributed by atoms with Gasteiger partial charge in [-0.2, -0.15) is 10.5 Å². The monoisotopic (exact) mass is 324 g/mol. The van der Waals surface area contributed by atoms with E-state index in [1.807, 2.05) is 0 Å². The third-order valence-corrected chi connectivity index (χ3v) is 8.50. The molecule has 0 saturated heterocycles. The molecule has 0 aromatic carbocycles. The molecule has 0 aliphatic carbocycles. The van der Waals surface area contributed by atoms with Crippen LogP contribution in [-0.2, 0) is 0 Å². The first-order chi connectivity index (χ1) is 8.64. The molecule has 19 heavy (non-hydrogen) atoms. The molecule has 0 fully saturated rings. The quantitative estimate of drug-likeness (QED) is 0.436. The maximum Gasteiger partial charge on any atom is 0.308 e. The van der Waals surface area contributed by atoms with E-state index in [0.717, 1.165) is 11.5 Å². The van der Waals surface area contributed by atoms with E-state index in [9.17, 15) is 20.2 Å². The third kappa shape index (κ3) is 2.54. The Labute approximate surface area is 118 Å². The van der Waals surface area contributed by atoms with Crippen LogP contribution < -0.4 is 11.5 Å². The fourth-order valence-electron chi connectivity index (χ4n) is 1.45. The summed E-state index contributed by atoms with van der Waals surface area (Å²) in [5.41, 5.74) is 11.2. The highest BCUT2D eigenvalue weighted by atomic mass is 32.3. The van der Waals surface area contributed by atoms with Crippen LogP contribution in [0.4, 0.5) is 0 Å². The molecule has 0 amide bonds. The first kappa shape index (κ1) is 15.8. The number of hydrogen-bond acceptors (Lipinski definition) is 5. The predicted molar refractivity (Wildman–Crippen MR) is 83.2 cm³/mol. The van der Waals surface area contributed by atoms with Crippen molar-refractivity contribution >= 4 is 41.4 Å². The van der Waals surface area contributed by atoms with Gasteiger partial charge in [-0.3, -0.25) is 26.0 Å². The molecule has 8 nitrogen and oxygen atoms in total. The Bertz CT molecular complexity index is 579. The van der Waals surface area contributed by atoms with E-state index >= 15 is 0 Å². The molecule has 0 spiro atoms. The van der Waals surface area contributed by atoms with E-state index in [2.05, 4.69) is 0 Å². The van der Waals surface area contributed by atoms with Crippen molar-refractivity contribution in [3.63, 3.8) is 0 Å². The zero-order chi connectivity index (χ0) is 15.0. The first-order valence-electron chi connectivity index (χ1n) is 4.69. The van der Waals surface area contributed by atoms with Gasteiger partial charge in [-0.05, 0) is 22.5 Å². The summed E-state index contributed by atoms with van der Waals surface area (Å²) in [6.45, 7) is 0. The number of nitrogens with zero attached hydrogens (tertiary/aromatic N) is 2. The zero-order valence-corrected chi connectivity index (χ0v) is 12.5. The fraction of sp³-hybridized carbons (Fsp3) is 0.250. The van der Waals surface area contributed by atoms with Crippen LogP contribution in [0.5, 0.6) is 0 Å². The molecule has 0 aromatic rings. The fourth-order valence-corrected chi connectivity index (χ4v) is 7.07. The summed E-state index contributed by atoms with van der Waals surface area (Å²) < 4.78 is 0.0331. The van der Waals surface area contributed by atoms with Crippen LogP contribution in [-0.4, -0.2) is 31.0 Å². The van der Waals surface area contributed by atoms with Crippen LogP contribution >= 0.6 is 32.7 Å². The average Bonchev–Trinajstić information content (AvgIpc) is 2.69. The summed E-state index contributed by atoms with van der Waals surface area (Å²) in [6.07, 6.45) is 4.38. The van der Waals surface area contributed by atoms with Crippen molar-refractivity contribution in [1.29, 1.82) is 0 Å². The maximum absolute atomic E-state index is 11.1. The van der Waals surface area contributed by atoms with Crippen LogP contribution in [0.25, 0.3) is 0 Å². The van der Waals surface area contributed by atoms with Crippen LogP contribution in [0, 0.1) is 20.2 Å². The second-order valence-corrected chi connectivity index (χ2v) is 9.54. The summed E-state index contributed by atoms with van der Waals surface area (Å²) >= 11 is 4.90. The van der Waals surface area contributed by atoms with Crippen molar-refractivity contribution in [1.82, 2.24) is 0 Å². The van der Waals surface area contributed by atoms with Gasteiger partial charge in [0.15, 0.2) is 0 Å². The molecule has 0 radical (unpaired) electrons. The number of rotatable bonds is 2. The van der Waals surface area contributed by atoms with E-state index in [4.69, 9.17) is 23.7 Å². The van der Waals surface area contributed by atoms with Gasteiger partial charge in [-0.15, -0.1) is 0 Å². The maximum atomic E-state index is 11.1. The normalized spacial score (nSPS) is 25.3. The highest BCUT2D eigenvalue weighted by Crippen LogP contribution is 2.62. The lowest BCUT2D eigenvalue weighted by Gasteiger charge is -2.30. The summed E-state index contributed by atoms with van der Waals surface area (Å²) in [5.74, 6) is 0. The number of thiocarbonyl (C=S) groups is 1. The van der Waals surface area contributed by atoms with Crippen molar-refractivity contribution in [2.24, 2.45) is 11.5 Å². The van der Waals surface area contributed by atoms with E-state index in [0.29, 0.717) is 0 Å². The Morgan fingerprint density at radius 3 is 2.16 bits per heavy atom. The summed E-state index contributed by atoms with van der Waals surface area (Å²) in [7, 11) is -3.24. The smallest absolute Gasteiger partial charge is 0.308 e. The molecule has 0 aromatic heterocycles. The number of nitrogens with two attached hydrogens (primary N) is 2. The predicted octanol–water partition coefficient (Wildman–Crippen LogP) is 0.859. The van der Waals surface area contributed by atoms with Gasteiger partial charge in [0.05, 0.1) is 19.6 Å². The topological polar surface area (TPSA) is 138 Å². The summed E-state index contributed by atoms with van der Waals surface area (Å²) in [4.78, 5) is 20.5.